The summed E-state index contributed by atoms with van der Waals surface area (Å²) in [5.74, 6) is 0.457. The van der Waals surface area contributed by atoms with E-state index in [4.69, 9.17) is 48.5 Å². The number of rotatable bonds is 6. The van der Waals surface area contributed by atoms with Gasteiger partial charge < -0.3 is 13.5 Å². The zero-order valence-electron chi connectivity index (χ0n) is 15.6. The lowest BCUT2D eigenvalue weighted by Gasteiger charge is -2.21. The molecule has 0 bridgehead atoms. The first-order valence-corrected chi connectivity index (χ1v) is 13.7. The number of para-hydroxylation sites is 1. The Morgan fingerprint density at radius 3 is 2.43 bits per heavy atom. The molecule has 4 rings (SSSR count). The van der Waals surface area contributed by atoms with E-state index in [1.807, 2.05) is 13.0 Å². The second kappa shape index (κ2) is 8.91. The molecule has 0 aliphatic carbocycles. The Balaban J connectivity index is 1.71. The van der Waals surface area contributed by atoms with Crippen molar-refractivity contribution in [3.63, 3.8) is 0 Å². The molecule has 1 unspecified atom stereocenters. The van der Waals surface area contributed by atoms with Crippen LogP contribution in [0.15, 0.2) is 74.8 Å². The minimum atomic E-state index is -2.83. The lowest BCUT2D eigenvalue weighted by atomic mass is 10.1. The summed E-state index contributed by atoms with van der Waals surface area (Å²) in [6.07, 6.45) is 0. The van der Waals surface area contributed by atoms with E-state index in [1.54, 1.807) is 54.6 Å². The van der Waals surface area contributed by atoms with Crippen LogP contribution in [0.4, 0.5) is 0 Å². The average molecular weight is 497 g/mol. The van der Waals surface area contributed by atoms with Crippen LogP contribution in [0, 0.1) is 0 Å². The van der Waals surface area contributed by atoms with E-state index in [0.717, 1.165) is 4.90 Å². The lowest BCUT2D eigenvalue weighted by Crippen LogP contribution is -2.02. The maximum atomic E-state index is 12.7. The summed E-state index contributed by atoms with van der Waals surface area (Å²) >= 11 is 19.2. The highest BCUT2D eigenvalue weighted by atomic mass is 35.5. The molecule has 3 aromatic carbocycles. The van der Waals surface area contributed by atoms with Crippen LogP contribution in [-0.4, -0.2) is 6.61 Å². The Morgan fingerprint density at radius 2 is 1.70 bits per heavy atom. The molecule has 0 saturated carbocycles. The van der Waals surface area contributed by atoms with Crippen LogP contribution in [0.1, 0.15) is 6.92 Å². The molecular weight excluding hydrogens is 482 g/mol. The fourth-order valence-corrected chi connectivity index (χ4v) is 8.29. The van der Waals surface area contributed by atoms with E-state index in [1.165, 1.54) is 11.4 Å². The molecule has 0 spiro atoms. The first-order valence-electron chi connectivity index (χ1n) is 8.92. The molecule has 30 heavy (non-hydrogen) atoms. The van der Waals surface area contributed by atoms with Crippen molar-refractivity contribution in [1.82, 2.24) is 0 Å². The molecule has 9 heteroatoms. The second-order valence-electron chi connectivity index (χ2n) is 6.24. The molecule has 1 atom stereocenters. The molecule has 4 nitrogen and oxygen atoms in total. The zero-order chi connectivity index (χ0) is 21.3. The third-order valence-corrected chi connectivity index (χ3v) is 9.28. The third kappa shape index (κ3) is 4.70. The maximum Gasteiger partial charge on any atom is 0.302 e. The Morgan fingerprint density at radius 1 is 1.00 bits per heavy atom. The number of fused-ring (bicyclic) bond motifs is 2. The van der Waals surface area contributed by atoms with Crippen LogP contribution in [0.2, 0.25) is 10.0 Å². The topological polar surface area (TPSA) is 48.7 Å². The van der Waals surface area contributed by atoms with Gasteiger partial charge in [0.1, 0.15) is 16.9 Å². The van der Waals surface area contributed by atoms with Gasteiger partial charge in [0.25, 0.3) is 0 Å². The Labute approximate surface area is 192 Å². The highest BCUT2D eigenvalue weighted by Crippen LogP contribution is 2.63. The molecule has 0 aliphatic heterocycles. The fourth-order valence-electron chi connectivity index (χ4n) is 2.91. The van der Waals surface area contributed by atoms with Gasteiger partial charge in [-0.1, -0.05) is 35.3 Å². The second-order valence-corrected chi connectivity index (χ2v) is 13.2. The highest BCUT2D eigenvalue weighted by Gasteiger charge is 2.24. The van der Waals surface area contributed by atoms with Crippen molar-refractivity contribution in [2.24, 2.45) is 0 Å². The van der Waals surface area contributed by atoms with Crippen LogP contribution < -0.4 is 9.95 Å². The van der Waals surface area contributed by atoms with Crippen molar-refractivity contribution in [1.29, 1.82) is 0 Å². The third-order valence-electron chi connectivity index (χ3n) is 4.11. The van der Waals surface area contributed by atoms with E-state index < -0.39 is 5.69 Å². The monoisotopic (exact) mass is 496 g/mol. The van der Waals surface area contributed by atoms with Gasteiger partial charge in [-0.05, 0) is 72.6 Å². The first kappa shape index (κ1) is 21.7. The molecule has 0 N–H and O–H groups in total. The van der Waals surface area contributed by atoms with Crippen LogP contribution in [-0.2, 0) is 16.3 Å². The molecule has 1 heterocycles. The molecule has 0 fully saturated rings. The van der Waals surface area contributed by atoms with Crippen LogP contribution in [0.25, 0.3) is 21.9 Å². The van der Waals surface area contributed by atoms with E-state index in [-0.39, 0.29) is 5.43 Å². The van der Waals surface area contributed by atoms with Crippen molar-refractivity contribution in [2.75, 3.05) is 6.61 Å². The van der Waals surface area contributed by atoms with Gasteiger partial charge in [0.2, 0.25) is 5.43 Å². The van der Waals surface area contributed by atoms with Crippen LogP contribution in [0.3, 0.4) is 0 Å². The quantitative estimate of drug-likeness (QED) is 0.201. The summed E-state index contributed by atoms with van der Waals surface area (Å²) in [6, 6.07) is 17.3. The predicted molar refractivity (Wildman–Crippen MR) is 129 cm³/mol. The van der Waals surface area contributed by atoms with Gasteiger partial charge in [-0.15, -0.1) is 0 Å². The summed E-state index contributed by atoms with van der Waals surface area (Å²) in [7, 11) is 0. The fraction of sp³-hybridized carbons (Fsp3) is 0.0952. The summed E-state index contributed by atoms with van der Waals surface area (Å²) < 4.78 is 17.8. The Bertz CT molecular complexity index is 1340. The maximum absolute atomic E-state index is 12.7. The molecule has 0 radical (unpaired) electrons. The summed E-state index contributed by atoms with van der Waals surface area (Å²) in [5.41, 5.74) is -1.99. The van der Waals surface area contributed by atoms with E-state index in [0.29, 0.717) is 44.3 Å². The summed E-state index contributed by atoms with van der Waals surface area (Å²) in [5, 5.41) is 2.01. The molecular formula is C21H15Cl2O4PS2. The smallest absolute Gasteiger partial charge is 0.302 e. The normalized spacial score (nSPS) is 13.4. The zero-order valence-corrected chi connectivity index (χ0v) is 19.7. The Kier molecular flexibility index (Phi) is 6.44. The van der Waals surface area contributed by atoms with E-state index >= 15 is 0 Å². The number of hydrogen-bond acceptors (Lipinski definition) is 6. The predicted octanol–water partition coefficient (Wildman–Crippen LogP) is 7.69. The first-order chi connectivity index (χ1) is 14.4. The standard InChI is InChI=1S/C21H15Cl2O4PS2/c1-2-25-28(29,30-16-10-13(22)9-14(23)11-16)27-15-7-8-18-20(12-15)26-19-6-4-3-5-17(19)21(18)24/h3-12H,2H2,1H3. The number of halogens is 2. The number of hydrogen-bond donors (Lipinski definition) is 0. The van der Waals surface area contributed by atoms with Gasteiger partial charge in [0.05, 0.1) is 17.4 Å². The van der Waals surface area contributed by atoms with Gasteiger partial charge in [0, 0.05) is 21.0 Å². The van der Waals surface area contributed by atoms with Gasteiger partial charge >= 0.3 is 5.69 Å². The highest BCUT2D eigenvalue weighted by molar-refractivity contribution is 8.68. The summed E-state index contributed by atoms with van der Waals surface area (Å²) in [6.45, 7) is 2.23. The molecule has 1 aromatic heterocycles. The van der Waals surface area contributed by atoms with Crippen LogP contribution in [0.5, 0.6) is 5.75 Å². The van der Waals surface area contributed by atoms with Gasteiger partial charge in [-0.2, -0.15) is 0 Å². The minimum Gasteiger partial charge on any atom is -0.456 e. The Hall–Kier alpha value is -1.53. The molecule has 0 saturated heterocycles. The lowest BCUT2D eigenvalue weighted by molar-refractivity contribution is 0.344. The van der Waals surface area contributed by atoms with E-state index in [9.17, 15) is 4.79 Å². The van der Waals surface area contributed by atoms with Crippen molar-refractivity contribution in [3.05, 3.63) is 80.9 Å². The van der Waals surface area contributed by atoms with Crippen molar-refractivity contribution >= 4 is 74.0 Å². The number of benzene rings is 3. The minimum absolute atomic E-state index is 0.0921. The van der Waals surface area contributed by atoms with Crippen molar-refractivity contribution in [3.8, 4) is 5.75 Å². The molecule has 154 valence electrons. The van der Waals surface area contributed by atoms with Gasteiger partial charge in [-0.25, -0.2) is 0 Å². The van der Waals surface area contributed by atoms with Crippen LogP contribution >= 0.6 is 40.3 Å². The largest absolute Gasteiger partial charge is 0.456 e. The molecule has 0 amide bonds. The molecule has 4 aromatic rings. The van der Waals surface area contributed by atoms with Crippen molar-refractivity contribution < 1.29 is 13.5 Å². The molecule has 0 aliphatic rings. The SMILES string of the molecule is CCOP(=S)(Oc1ccc2c(=O)c3ccccc3oc2c1)Sc1cc(Cl)cc(Cl)c1. The van der Waals surface area contributed by atoms with Gasteiger partial charge in [-0.3, -0.25) is 4.79 Å². The van der Waals surface area contributed by atoms with E-state index in [2.05, 4.69) is 0 Å². The summed E-state index contributed by atoms with van der Waals surface area (Å²) in [4.78, 5) is 13.5. The average Bonchev–Trinajstić information content (AvgIpc) is 2.67. The van der Waals surface area contributed by atoms with Gasteiger partial charge in [0.15, 0.2) is 0 Å². The van der Waals surface area contributed by atoms with Crippen molar-refractivity contribution in [2.45, 2.75) is 11.8 Å².